The lowest BCUT2D eigenvalue weighted by molar-refractivity contribution is 0.104. The van der Waals surface area contributed by atoms with E-state index >= 15 is 0 Å². The number of phenolic OH excluding ortho intramolecular Hbond substituents is 1. The first-order chi connectivity index (χ1) is 11.6. The van der Waals surface area contributed by atoms with Crippen LogP contribution < -0.4 is 14.2 Å². The van der Waals surface area contributed by atoms with Crippen molar-refractivity contribution in [1.82, 2.24) is 0 Å². The molecule has 0 radical (unpaired) electrons. The normalized spacial score (nSPS) is 10.6. The summed E-state index contributed by atoms with van der Waals surface area (Å²) in [5, 5.41) is 9.93. The van der Waals surface area contributed by atoms with E-state index in [2.05, 4.69) is 0 Å². The lowest BCUT2D eigenvalue weighted by Gasteiger charge is -2.10. The topological polar surface area (TPSA) is 65.0 Å². The number of methoxy groups -OCH3 is 2. The van der Waals surface area contributed by atoms with Gasteiger partial charge in [-0.15, -0.1) is 0 Å². The van der Waals surface area contributed by atoms with Crippen LogP contribution in [0.1, 0.15) is 22.8 Å². The maximum atomic E-state index is 12.4. The molecular formula is C19H20O5. The van der Waals surface area contributed by atoms with Crippen molar-refractivity contribution in [3.8, 4) is 23.0 Å². The molecule has 0 amide bonds. The summed E-state index contributed by atoms with van der Waals surface area (Å²) < 4.78 is 15.7. The standard InChI is InChI=1S/C19H20O5/c1-4-24-19-12-15(23-3)8-9-16(19)17(20)10-6-13-5-7-14(22-2)11-18(13)21/h5-12,21H,4H2,1-3H3. The van der Waals surface area contributed by atoms with E-state index in [9.17, 15) is 9.90 Å². The lowest BCUT2D eigenvalue weighted by Crippen LogP contribution is -2.02. The van der Waals surface area contributed by atoms with Crippen LogP contribution in [0, 0.1) is 0 Å². The first-order valence-electron chi connectivity index (χ1n) is 7.49. The molecule has 0 saturated carbocycles. The Bertz CT molecular complexity index is 749. The molecule has 126 valence electrons. The van der Waals surface area contributed by atoms with Gasteiger partial charge in [0.25, 0.3) is 0 Å². The number of ketones is 1. The Kier molecular flexibility index (Phi) is 5.84. The molecule has 5 nitrogen and oxygen atoms in total. The van der Waals surface area contributed by atoms with Crippen LogP contribution in [-0.2, 0) is 0 Å². The SMILES string of the molecule is CCOc1cc(OC)ccc1C(=O)C=Cc1ccc(OC)cc1O. The third kappa shape index (κ3) is 4.07. The molecule has 0 aliphatic heterocycles. The van der Waals surface area contributed by atoms with Gasteiger partial charge in [0.05, 0.1) is 26.4 Å². The molecule has 24 heavy (non-hydrogen) atoms. The summed E-state index contributed by atoms with van der Waals surface area (Å²) in [6.45, 7) is 2.29. The number of carbonyl (C=O) groups is 1. The van der Waals surface area contributed by atoms with Crippen LogP contribution in [0.4, 0.5) is 0 Å². The largest absolute Gasteiger partial charge is 0.507 e. The second kappa shape index (κ2) is 8.06. The smallest absolute Gasteiger partial charge is 0.189 e. The summed E-state index contributed by atoms with van der Waals surface area (Å²) in [4.78, 5) is 12.4. The zero-order chi connectivity index (χ0) is 17.5. The van der Waals surface area contributed by atoms with Crippen molar-refractivity contribution in [2.24, 2.45) is 0 Å². The molecular weight excluding hydrogens is 308 g/mol. The average molecular weight is 328 g/mol. The number of allylic oxidation sites excluding steroid dienone is 1. The fourth-order valence-electron chi connectivity index (χ4n) is 2.15. The quantitative estimate of drug-likeness (QED) is 0.620. The zero-order valence-corrected chi connectivity index (χ0v) is 13.9. The maximum absolute atomic E-state index is 12.4. The van der Waals surface area contributed by atoms with Gasteiger partial charge in [0.2, 0.25) is 0 Å². The van der Waals surface area contributed by atoms with E-state index in [-0.39, 0.29) is 11.5 Å². The van der Waals surface area contributed by atoms with Gasteiger partial charge in [0.15, 0.2) is 5.78 Å². The Morgan fingerprint density at radius 1 is 1.08 bits per heavy atom. The van der Waals surface area contributed by atoms with E-state index < -0.39 is 0 Å². The van der Waals surface area contributed by atoms with Crippen molar-refractivity contribution in [2.45, 2.75) is 6.92 Å². The second-order valence-corrected chi connectivity index (χ2v) is 4.92. The fraction of sp³-hybridized carbons (Fsp3) is 0.211. The van der Waals surface area contributed by atoms with Gasteiger partial charge in [-0.1, -0.05) is 0 Å². The van der Waals surface area contributed by atoms with E-state index in [1.165, 1.54) is 19.3 Å². The molecule has 0 bridgehead atoms. The second-order valence-electron chi connectivity index (χ2n) is 4.92. The van der Waals surface area contributed by atoms with Crippen LogP contribution in [0.5, 0.6) is 23.0 Å². The van der Waals surface area contributed by atoms with E-state index in [1.807, 2.05) is 6.92 Å². The predicted molar refractivity (Wildman–Crippen MR) is 92.2 cm³/mol. The highest BCUT2D eigenvalue weighted by Gasteiger charge is 2.11. The number of rotatable bonds is 7. The van der Waals surface area contributed by atoms with Crippen LogP contribution in [-0.4, -0.2) is 31.7 Å². The Balaban J connectivity index is 2.26. The summed E-state index contributed by atoms with van der Waals surface area (Å²) in [6, 6.07) is 9.91. The fourth-order valence-corrected chi connectivity index (χ4v) is 2.15. The van der Waals surface area contributed by atoms with E-state index in [1.54, 1.807) is 43.5 Å². The number of phenols is 1. The van der Waals surface area contributed by atoms with Gasteiger partial charge in [0, 0.05) is 17.7 Å². The highest BCUT2D eigenvalue weighted by molar-refractivity contribution is 6.08. The average Bonchev–Trinajstić information content (AvgIpc) is 2.60. The molecule has 0 spiro atoms. The van der Waals surface area contributed by atoms with Crippen LogP contribution >= 0.6 is 0 Å². The summed E-state index contributed by atoms with van der Waals surface area (Å²) in [6.07, 6.45) is 2.95. The summed E-state index contributed by atoms with van der Waals surface area (Å²) in [7, 11) is 3.08. The molecule has 5 heteroatoms. The maximum Gasteiger partial charge on any atom is 0.189 e. The third-order valence-electron chi connectivity index (χ3n) is 3.41. The van der Waals surface area contributed by atoms with Crippen molar-refractivity contribution >= 4 is 11.9 Å². The van der Waals surface area contributed by atoms with Gasteiger partial charge in [-0.25, -0.2) is 0 Å². The minimum absolute atomic E-state index is 0.0400. The van der Waals surface area contributed by atoms with Gasteiger partial charge in [0.1, 0.15) is 23.0 Å². The first-order valence-corrected chi connectivity index (χ1v) is 7.49. The molecule has 0 saturated heterocycles. The predicted octanol–water partition coefficient (Wildman–Crippen LogP) is 3.70. The number of ether oxygens (including phenoxy) is 3. The molecule has 0 unspecified atom stereocenters. The van der Waals surface area contributed by atoms with E-state index in [0.717, 1.165) is 0 Å². The van der Waals surface area contributed by atoms with Gasteiger partial charge >= 0.3 is 0 Å². The molecule has 0 aromatic heterocycles. The van der Waals surface area contributed by atoms with Gasteiger partial charge in [-0.3, -0.25) is 4.79 Å². The molecule has 0 aliphatic rings. The van der Waals surface area contributed by atoms with Crippen molar-refractivity contribution in [2.75, 3.05) is 20.8 Å². The molecule has 2 aromatic carbocycles. The monoisotopic (exact) mass is 328 g/mol. The summed E-state index contributed by atoms with van der Waals surface area (Å²) in [5.74, 6) is 1.44. The molecule has 1 N–H and O–H groups in total. The van der Waals surface area contributed by atoms with Crippen LogP contribution in [0.25, 0.3) is 6.08 Å². The molecule has 2 rings (SSSR count). The highest BCUT2D eigenvalue weighted by Crippen LogP contribution is 2.27. The number of carbonyl (C=O) groups excluding carboxylic acids is 1. The van der Waals surface area contributed by atoms with Crippen molar-refractivity contribution in [3.05, 3.63) is 53.6 Å². The van der Waals surface area contributed by atoms with Crippen LogP contribution in [0.2, 0.25) is 0 Å². The lowest BCUT2D eigenvalue weighted by atomic mass is 10.1. The van der Waals surface area contributed by atoms with E-state index in [4.69, 9.17) is 14.2 Å². The Morgan fingerprint density at radius 2 is 1.75 bits per heavy atom. The molecule has 2 aromatic rings. The third-order valence-corrected chi connectivity index (χ3v) is 3.41. The number of hydrogen-bond acceptors (Lipinski definition) is 5. The number of hydrogen-bond donors (Lipinski definition) is 1. The summed E-state index contributed by atoms with van der Waals surface area (Å²) >= 11 is 0. The van der Waals surface area contributed by atoms with E-state index in [0.29, 0.717) is 35.0 Å². The van der Waals surface area contributed by atoms with Crippen molar-refractivity contribution in [3.63, 3.8) is 0 Å². The minimum Gasteiger partial charge on any atom is -0.507 e. The Hall–Kier alpha value is -2.95. The Morgan fingerprint density at radius 3 is 2.38 bits per heavy atom. The zero-order valence-electron chi connectivity index (χ0n) is 13.9. The molecule has 0 aliphatic carbocycles. The van der Waals surface area contributed by atoms with Crippen LogP contribution in [0.15, 0.2) is 42.5 Å². The highest BCUT2D eigenvalue weighted by atomic mass is 16.5. The van der Waals surface area contributed by atoms with Crippen molar-refractivity contribution in [1.29, 1.82) is 0 Å². The Labute approximate surface area is 141 Å². The van der Waals surface area contributed by atoms with Crippen molar-refractivity contribution < 1.29 is 24.1 Å². The molecule has 0 heterocycles. The summed E-state index contributed by atoms with van der Waals surface area (Å²) in [5.41, 5.74) is 0.956. The number of benzene rings is 2. The van der Waals surface area contributed by atoms with Gasteiger partial charge in [-0.05, 0) is 43.3 Å². The molecule has 0 fully saturated rings. The van der Waals surface area contributed by atoms with Gasteiger partial charge < -0.3 is 19.3 Å². The molecule has 0 atom stereocenters. The first kappa shape index (κ1) is 17.4. The van der Waals surface area contributed by atoms with Gasteiger partial charge in [-0.2, -0.15) is 0 Å². The minimum atomic E-state index is -0.226. The number of aromatic hydroxyl groups is 1. The van der Waals surface area contributed by atoms with Crippen LogP contribution in [0.3, 0.4) is 0 Å².